The molecule has 0 aromatic carbocycles. The fourth-order valence-corrected chi connectivity index (χ4v) is 12.9. The van der Waals surface area contributed by atoms with E-state index < -0.39 is 20.5 Å². The van der Waals surface area contributed by atoms with Crippen LogP contribution in [0.3, 0.4) is 0 Å². The zero-order valence-electron chi connectivity index (χ0n) is 16.2. The Bertz CT molecular complexity index is 1030. The summed E-state index contributed by atoms with van der Waals surface area (Å²) in [5.41, 5.74) is 0. The summed E-state index contributed by atoms with van der Waals surface area (Å²) in [5, 5.41) is 9.17. The second kappa shape index (κ2) is 5.45. The predicted octanol–water partition coefficient (Wildman–Crippen LogP) is 5.87. The van der Waals surface area contributed by atoms with Crippen LogP contribution < -0.4 is 0 Å². The van der Waals surface area contributed by atoms with Gasteiger partial charge in [-0.3, -0.25) is 4.79 Å². The number of allylic oxidation sites excluding steroid dienone is 6. The maximum Gasteiger partial charge on any atom is 0.303 e. The van der Waals surface area contributed by atoms with Gasteiger partial charge in [-0.1, -0.05) is 8.68 Å². The molecular weight excluding hydrogens is 398 g/mol. The van der Waals surface area contributed by atoms with E-state index in [4.69, 9.17) is 9.47 Å². The molecule has 4 nitrogen and oxygen atoms in total. The topological polar surface area (TPSA) is 55.8 Å². The summed E-state index contributed by atoms with van der Waals surface area (Å²) >= 11 is 0. The van der Waals surface area contributed by atoms with Gasteiger partial charge in [0.1, 0.15) is 5.76 Å². The minimum Gasteiger partial charge on any atom is -0.492 e. The van der Waals surface area contributed by atoms with Crippen molar-refractivity contribution in [2.24, 2.45) is 0 Å². The first-order valence-corrected chi connectivity index (χ1v) is 12.5. The van der Waals surface area contributed by atoms with Gasteiger partial charge in [0, 0.05) is 22.0 Å². The van der Waals surface area contributed by atoms with E-state index in [1.54, 1.807) is 30.4 Å². The molecule has 156 valence electrons. The SMILES string of the molecule is COC1=C2C=C(OC3CCCC3)C(=C1F)S21(F)(CCCC(=O)O)C2=CC=C1C=C2. The second-order valence-corrected chi connectivity index (χ2v) is 13.8. The van der Waals surface area contributed by atoms with Crippen LogP contribution in [0.2, 0.25) is 0 Å². The van der Waals surface area contributed by atoms with Gasteiger partial charge >= 0.3 is 5.97 Å². The molecule has 0 radical (unpaired) electrons. The minimum atomic E-state index is -5.15. The van der Waals surface area contributed by atoms with E-state index in [9.17, 15) is 9.90 Å². The molecule has 1 aliphatic carbocycles. The van der Waals surface area contributed by atoms with E-state index in [1.165, 1.54) is 7.11 Å². The van der Waals surface area contributed by atoms with Gasteiger partial charge in [0.15, 0.2) is 11.6 Å². The lowest BCUT2D eigenvalue weighted by Gasteiger charge is -2.68. The number of ether oxygens (including phenoxy) is 2. The van der Waals surface area contributed by atoms with Gasteiger partial charge in [-0.05, 0) is 62.5 Å². The Balaban J connectivity index is 1.72. The van der Waals surface area contributed by atoms with Gasteiger partial charge in [-0.2, -0.15) is 3.89 Å². The van der Waals surface area contributed by atoms with Crippen molar-refractivity contribution in [2.45, 2.75) is 44.6 Å². The highest BCUT2D eigenvalue weighted by Crippen LogP contribution is 3.15. The van der Waals surface area contributed by atoms with Crippen molar-refractivity contribution in [3.63, 3.8) is 0 Å². The minimum absolute atomic E-state index is 0.0471. The number of hydrogen-bond acceptors (Lipinski definition) is 3. The van der Waals surface area contributed by atoms with E-state index in [0.29, 0.717) is 9.81 Å². The molecule has 1 N–H and O–H groups in total. The van der Waals surface area contributed by atoms with Crippen LogP contribution in [0.5, 0.6) is 0 Å². The summed E-state index contributed by atoms with van der Waals surface area (Å²) in [6, 6.07) is 0. The Hall–Kier alpha value is -2.28. The first-order chi connectivity index (χ1) is 13.8. The number of aliphatic carboxylic acids is 1. The molecule has 1 fully saturated rings. The highest BCUT2D eigenvalue weighted by molar-refractivity contribution is 8.72. The van der Waals surface area contributed by atoms with E-state index in [1.807, 2.05) is 0 Å². The monoisotopic (exact) mass is 422 g/mol. The van der Waals surface area contributed by atoms with Gasteiger partial charge < -0.3 is 14.6 Å². The Morgan fingerprint density at radius 1 is 1.24 bits per heavy atom. The van der Waals surface area contributed by atoms with Crippen LogP contribution in [0.4, 0.5) is 8.28 Å². The molecule has 7 heteroatoms. The molecule has 0 aromatic rings. The van der Waals surface area contributed by atoms with Gasteiger partial charge in [-0.25, -0.2) is 4.39 Å². The molecule has 0 unspecified atom stereocenters. The van der Waals surface area contributed by atoms with Crippen LogP contribution in [-0.2, 0) is 14.3 Å². The fraction of sp³-hybridized carbons (Fsp3) is 0.409. The standard InChI is InChI=1S/C22H24F2O4S/c1-27-21-18-13-17(28-14-5-2-3-6-14)22(20(21)23)29(18,24,12-4-7-19(25)26)15-8-9-16(29)11-10-15/h8-11,13-14H,2-7,12H2,1H3,(H,25,26). The van der Waals surface area contributed by atoms with E-state index in [-0.39, 0.29) is 46.0 Å². The van der Waals surface area contributed by atoms with E-state index in [2.05, 4.69) is 0 Å². The Labute approximate surface area is 167 Å². The molecule has 1 spiro atoms. The van der Waals surface area contributed by atoms with Crippen molar-refractivity contribution < 1.29 is 27.7 Å². The Morgan fingerprint density at radius 2 is 1.90 bits per heavy atom. The molecule has 5 rings (SSSR count). The molecule has 29 heavy (non-hydrogen) atoms. The average Bonchev–Trinajstić information content (AvgIpc) is 3.42. The molecule has 0 amide bonds. The van der Waals surface area contributed by atoms with Crippen molar-refractivity contribution >= 4 is 14.6 Å². The summed E-state index contributed by atoms with van der Waals surface area (Å²) in [5.74, 6) is -1.63. The summed E-state index contributed by atoms with van der Waals surface area (Å²) in [7, 11) is -3.81. The quantitative estimate of drug-likeness (QED) is 0.557. The van der Waals surface area contributed by atoms with Crippen LogP contribution in [0.15, 0.2) is 67.3 Å². The van der Waals surface area contributed by atoms with Crippen LogP contribution in [0.25, 0.3) is 0 Å². The third kappa shape index (κ3) is 1.80. The number of carboxylic acids is 1. The number of rotatable bonds is 7. The van der Waals surface area contributed by atoms with E-state index in [0.717, 1.165) is 25.7 Å². The molecule has 1 saturated carbocycles. The number of hydrogen-bond donors (Lipinski definition) is 1. The lowest BCUT2D eigenvalue weighted by Crippen LogP contribution is -2.34. The second-order valence-electron chi connectivity index (χ2n) is 8.35. The van der Waals surface area contributed by atoms with Crippen molar-refractivity contribution in [3.8, 4) is 0 Å². The van der Waals surface area contributed by atoms with Crippen LogP contribution in [-0.4, -0.2) is 30.0 Å². The lowest BCUT2D eigenvalue weighted by molar-refractivity contribution is -0.137. The zero-order valence-corrected chi connectivity index (χ0v) is 17.1. The predicted molar refractivity (Wildman–Crippen MR) is 109 cm³/mol. The molecule has 4 heterocycles. The number of halogens is 2. The van der Waals surface area contributed by atoms with Gasteiger partial charge in [0.25, 0.3) is 0 Å². The summed E-state index contributed by atoms with van der Waals surface area (Å²) < 4.78 is 45.8. The van der Waals surface area contributed by atoms with Crippen LogP contribution in [0, 0.1) is 0 Å². The molecule has 4 bridgehead atoms. The fourth-order valence-electron chi connectivity index (χ4n) is 5.81. The highest BCUT2D eigenvalue weighted by Gasteiger charge is 2.81. The maximum atomic E-state index is 18.5. The number of methoxy groups -OCH3 is 1. The zero-order chi connectivity index (χ0) is 20.5. The number of carboxylic acid groups (broad SMARTS) is 1. The highest BCUT2D eigenvalue weighted by atomic mass is 32.4. The number of carbonyl (C=O) groups is 1. The summed E-state index contributed by atoms with van der Waals surface area (Å²) in [6.07, 6.45) is 12.1. The molecule has 4 aliphatic heterocycles. The molecule has 0 aromatic heterocycles. The summed E-state index contributed by atoms with van der Waals surface area (Å²) in [4.78, 5) is 12.2. The lowest BCUT2D eigenvalue weighted by atomic mass is 10.2. The van der Waals surface area contributed by atoms with Crippen molar-refractivity contribution in [1.82, 2.24) is 0 Å². The smallest absolute Gasteiger partial charge is 0.303 e. The Morgan fingerprint density at radius 3 is 2.45 bits per heavy atom. The molecular formula is C22H24F2O4S. The maximum absolute atomic E-state index is 18.5. The third-order valence-corrected chi connectivity index (χ3v) is 14.2. The van der Waals surface area contributed by atoms with Gasteiger partial charge in [0.2, 0.25) is 0 Å². The third-order valence-electron chi connectivity index (χ3n) is 7.07. The summed E-state index contributed by atoms with van der Waals surface area (Å²) in [6.45, 7) is 0. The van der Waals surface area contributed by atoms with Crippen LogP contribution >= 0.6 is 8.68 Å². The molecule has 5 aliphatic rings. The molecule has 0 atom stereocenters. The first kappa shape index (κ1) is 18.7. The Kier molecular flexibility index (Phi) is 3.52. The largest absolute Gasteiger partial charge is 0.492 e. The van der Waals surface area contributed by atoms with Gasteiger partial charge in [0.05, 0.1) is 23.0 Å². The van der Waals surface area contributed by atoms with Crippen molar-refractivity contribution in [2.75, 3.05) is 12.9 Å². The normalized spacial score (nSPS) is 29.4. The molecule has 0 saturated heterocycles. The van der Waals surface area contributed by atoms with Crippen LogP contribution in [0.1, 0.15) is 38.5 Å². The first-order valence-electron chi connectivity index (χ1n) is 10.00. The van der Waals surface area contributed by atoms with E-state index >= 15 is 8.28 Å². The van der Waals surface area contributed by atoms with Crippen molar-refractivity contribution in [3.05, 3.63) is 67.3 Å². The van der Waals surface area contributed by atoms with Gasteiger partial charge in [-0.15, -0.1) is 0 Å². The average molecular weight is 422 g/mol. The van der Waals surface area contributed by atoms with Crippen molar-refractivity contribution in [1.29, 1.82) is 0 Å².